The van der Waals surface area contributed by atoms with Crippen molar-refractivity contribution in [1.82, 2.24) is 9.80 Å². The Morgan fingerprint density at radius 1 is 1.14 bits per heavy atom. The third-order valence-electron chi connectivity index (χ3n) is 5.52. The van der Waals surface area contributed by atoms with Crippen LogP contribution >= 0.6 is 27.7 Å². The molecule has 0 radical (unpaired) electrons. The number of morpholine rings is 1. The maximum Gasteiger partial charge on any atom is 0.294 e. The molecule has 2 aliphatic heterocycles. The highest BCUT2D eigenvalue weighted by Gasteiger charge is 2.36. The first-order valence-electron chi connectivity index (χ1n) is 11.3. The van der Waals surface area contributed by atoms with Gasteiger partial charge in [0.1, 0.15) is 18.0 Å². The Kier molecular flexibility index (Phi) is 8.85. The van der Waals surface area contributed by atoms with Crippen LogP contribution in [-0.2, 0) is 19.1 Å². The Morgan fingerprint density at radius 3 is 2.54 bits per heavy atom. The molecule has 2 saturated heterocycles. The minimum atomic E-state index is -0.549. The van der Waals surface area contributed by atoms with Crippen LogP contribution in [0.15, 0.2) is 51.8 Å². The molecule has 12 heteroatoms. The van der Waals surface area contributed by atoms with Gasteiger partial charge in [-0.15, -0.1) is 0 Å². The monoisotopic (exact) mass is 589 g/mol. The van der Waals surface area contributed by atoms with Crippen LogP contribution in [0.25, 0.3) is 6.08 Å². The molecule has 0 bridgehead atoms. The number of amides is 4. The van der Waals surface area contributed by atoms with Crippen LogP contribution in [0.5, 0.6) is 11.5 Å². The highest BCUT2D eigenvalue weighted by molar-refractivity contribution is 9.10. The van der Waals surface area contributed by atoms with Gasteiger partial charge in [-0.25, -0.2) is 0 Å². The average molecular weight is 590 g/mol. The number of nitrogens with one attached hydrogen (secondary N) is 1. The molecule has 10 nitrogen and oxygen atoms in total. The van der Waals surface area contributed by atoms with E-state index in [4.69, 9.17) is 14.2 Å². The van der Waals surface area contributed by atoms with Crippen molar-refractivity contribution in [2.75, 3.05) is 51.9 Å². The lowest BCUT2D eigenvalue weighted by molar-refractivity contribution is -0.137. The number of nitrogens with zero attached hydrogens (tertiary/aromatic N) is 2. The van der Waals surface area contributed by atoms with Gasteiger partial charge in [0, 0.05) is 18.8 Å². The molecular weight excluding hydrogens is 566 g/mol. The van der Waals surface area contributed by atoms with E-state index < -0.39 is 23.6 Å². The summed E-state index contributed by atoms with van der Waals surface area (Å²) in [5.74, 6) is -0.0511. The Morgan fingerprint density at radius 2 is 1.86 bits per heavy atom. The quantitative estimate of drug-likeness (QED) is 0.466. The molecule has 4 amide bonds. The number of hydrogen-bond donors (Lipinski definition) is 1. The number of carbonyl (C=O) groups is 4. The van der Waals surface area contributed by atoms with Crippen molar-refractivity contribution >= 4 is 62.4 Å². The molecule has 2 fully saturated rings. The second-order valence-electron chi connectivity index (χ2n) is 8.02. The van der Waals surface area contributed by atoms with Gasteiger partial charge in [0.05, 0.1) is 29.7 Å². The second kappa shape index (κ2) is 12.3. The predicted molar refractivity (Wildman–Crippen MR) is 141 cm³/mol. The van der Waals surface area contributed by atoms with Gasteiger partial charge in [-0.3, -0.25) is 24.1 Å². The zero-order valence-electron chi connectivity index (χ0n) is 19.9. The Balaban J connectivity index is 1.34. The number of methoxy groups -OCH3 is 1. The van der Waals surface area contributed by atoms with Crippen molar-refractivity contribution in [2.24, 2.45) is 0 Å². The van der Waals surface area contributed by atoms with Crippen molar-refractivity contribution in [3.63, 3.8) is 0 Å². The van der Waals surface area contributed by atoms with Crippen LogP contribution in [0.1, 0.15) is 5.56 Å². The summed E-state index contributed by atoms with van der Waals surface area (Å²) in [6, 6.07) is 11.8. The lowest BCUT2D eigenvalue weighted by Gasteiger charge is -2.26. The van der Waals surface area contributed by atoms with E-state index in [2.05, 4.69) is 21.2 Å². The van der Waals surface area contributed by atoms with E-state index in [0.717, 1.165) is 16.7 Å². The largest absolute Gasteiger partial charge is 0.497 e. The van der Waals surface area contributed by atoms with E-state index in [0.29, 0.717) is 53.5 Å². The molecule has 2 aromatic carbocycles. The molecule has 0 aliphatic carbocycles. The lowest BCUT2D eigenvalue weighted by atomic mass is 10.2. The van der Waals surface area contributed by atoms with Gasteiger partial charge in [0.15, 0.2) is 6.61 Å². The van der Waals surface area contributed by atoms with Gasteiger partial charge in [-0.2, -0.15) is 0 Å². The molecule has 194 valence electrons. The molecule has 0 spiro atoms. The fourth-order valence-corrected chi connectivity index (χ4v) is 4.92. The van der Waals surface area contributed by atoms with Gasteiger partial charge < -0.3 is 24.4 Å². The summed E-state index contributed by atoms with van der Waals surface area (Å²) in [5, 5.41) is 2.13. The fraction of sp³-hybridized carbons (Fsp3) is 0.280. The number of ether oxygens (including phenoxy) is 3. The molecule has 2 aromatic rings. The number of hydrogen-bond acceptors (Lipinski definition) is 8. The van der Waals surface area contributed by atoms with Crippen LogP contribution in [-0.4, -0.2) is 79.3 Å². The van der Waals surface area contributed by atoms with Gasteiger partial charge in [0.25, 0.3) is 17.1 Å². The normalized spacial score (nSPS) is 16.8. The third-order valence-corrected chi connectivity index (χ3v) is 7.04. The Labute approximate surface area is 226 Å². The molecule has 2 aliphatic rings. The summed E-state index contributed by atoms with van der Waals surface area (Å²) in [5.41, 5.74) is 1.17. The summed E-state index contributed by atoms with van der Waals surface area (Å²) >= 11 is 4.19. The second-order valence-corrected chi connectivity index (χ2v) is 9.86. The van der Waals surface area contributed by atoms with Crippen LogP contribution < -0.4 is 14.8 Å². The van der Waals surface area contributed by atoms with E-state index in [-0.39, 0.29) is 17.4 Å². The smallest absolute Gasteiger partial charge is 0.294 e. The standard InChI is InChI=1S/C25H24BrN3O7S/c1-34-18-5-3-17(4-6-18)27-22(30)14-29-24(32)21(37-25(29)33)13-16-2-7-20(19(26)12-16)36-15-23(31)28-8-10-35-11-9-28/h2-7,12-13H,8-11,14-15H2,1H3,(H,27,30)/b21-13-. The first-order chi connectivity index (χ1) is 17.8. The number of imide groups is 1. The van der Waals surface area contributed by atoms with E-state index in [1.165, 1.54) is 7.11 Å². The maximum atomic E-state index is 12.8. The van der Waals surface area contributed by atoms with E-state index >= 15 is 0 Å². The first-order valence-corrected chi connectivity index (χ1v) is 12.9. The molecule has 1 N–H and O–H groups in total. The zero-order chi connectivity index (χ0) is 26.4. The highest BCUT2D eigenvalue weighted by atomic mass is 79.9. The van der Waals surface area contributed by atoms with E-state index in [1.54, 1.807) is 53.4 Å². The summed E-state index contributed by atoms with van der Waals surface area (Å²) in [7, 11) is 1.54. The van der Waals surface area contributed by atoms with E-state index in [1.807, 2.05) is 0 Å². The van der Waals surface area contributed by atoms with Gasteiger partial charge in [-0.1, -0.05) is 6.07 Å². The highest BCUT2D eigenvalue weighted by Crippen LogP contribution is 2.34. The number of thioether (sulfide) groups is 1. The molecule has 0 unspecified atom stereocenters. The number of carbonyl (C=O) groups excluding carboxylic acids is 4. The Bertz CT molecular complexity index is 1230. The molecule has 0 atom stereocenters. The molecule has 2 heterocycles. The van der Waals surface area contributed by atoms with Crippen molar-refractivity contribution in [3.05, 3.63) is 57.4 Å². The lowest BCUT2D eigenvalue weighted by Crippen LogP contribution is -2.43. The van der Waals surface area contributed by atoms with Crippen molar-refractivity contribution < 1.29 is 33.4 Å². The number of halogens is 1. The summed E-state index contributed by atoms with van der Waals surface area (Å²) in [4.78, 5) is 52.7. The minimum Gasteiger partial charge on any atom is -0.497 e. The Hall–Kier alpha value is -3.35. The van der Waals surface area contributed by atoms with E-state index in [9.17, 15) is 19.2 Å². The molecule has 0 aromatic heterocycles. The summed E-state index contributed by atoms with van der Waals surface area (Å²) < 4.78 is 16.6. The van der Waals surface area contributed by atoms with Crippen LogP contribution in [0.4, 0.5) is 10.5 Å². The summed E-state index contributed by atoms with van der Waals surface area (Å²) in [6.45, 7) is 1.61. The molecular formula is C25H24BrN3O7S. The fourth-order valence-electron chi connectivity index (χ4n) is 3.57. The van der Waals surface area contributed by atoms with Crippen LogP contribution in [0, 0.1) is 0 Å². The topological polar surface area (TPSA) is 114 Å². The predicted octanol–water partition coefficient (Wildman–Crippen LogP) is 3.37. The third kappa shape index (κ3) is 6.90. The minimum absolute atomic E-state index is 0.102. The van der Waals surface area contributed by atoms with Gasteiger partial charge >= 0.3 is 0 Å². The maximum absolute atomic E-state index is 12.8. The summed E-state index contributed by atoms with van der Waals surface area (Å²) in [6.07, 6.45) is 1.57. The number of anilines is 1. The van der Waals surface area contributed by atoms with Crippen LogP contribution in [0.3, 0.4) is 0 Å². The zero-order valence-corrected chi connectivity index (χ0v) is 22.3. The average Bonchev–Trinajstić information content (AvgIpc) is 3.16. The van der Waals surface area contributed by atoms with Crippen molar-refractivity contribution in [1.29, 1.82) is 0 Å². The molecule has 37 heavy (non-hydrogen) atoms. The first kappa shape index (κ1) is 26.7. The van der Waals surface area contributed by atoms with Gasteiger partial charge in [0.2, 0.25) is 5.91 Å². The SMILES string of the molecule is COc1ccc(NC(=O)CN2C(=O)S/C(=C\c3ccc(OCC(=O)N4CCOCC4)c(Br)c3)C2=O)cc1. The molecule has 0 saturated carbocycles. The molecule has 4 rings (SSSR count). The number of benzene rings is 2. The van der Waals surface area contributed by atoms with Crippen molar-refractivity contribution in [2.45, 2.75) is 0 Å². The van der Waals surface area contributed by atoms with Crippen LogP contribution in [0.2, 0.25) is 0 Å². The number of rotatable bonds is 8. The van der Waals surface area contributed by atoms with Gasteiger partial charge in [-0.05, 0) is 75.7 Å². The van der Waals surface area contributed by atoms with Crippen molar-refractivity contribution in [3.8, 4) is 11.5 Å².